The largest absolute Gasteiger partial charge is 0.387 e. The second-order valence-corrected chi connectivity index (χ2v) is 5.21. The van der Waals surface area contributed by atoms with Gasteiger partial charge >= 0.3 is 0 Å². The van der Waals surface area contributed by atoms with Crippen LogP contribution in [0.3, 0.4) is 0 Å². The molecule has 98 valence electrons. The van der Waals surface area contributed by atoms with E-state index >= 15 is 0 Å². The molecule has 5 heteroatoms. The number of carbonyl (C=O) groups is 1. The number of aliphatic hydroxyl groups excluding tert-OH is 1. The maximum atomic E-state index is 11.4. The Hall–Kier alpha value is -1.62. The molecule has 1 aromatic heterocycles. The van der Waals surface area contributed by atoms with E-state index in [1.165, 1.54) is 0 Å². The third-order valence-corrected chi connectivity index (χ3v) is 3.63. The van der Waals surface area contributed by atoms with Crippen LogP contribution in [0.25, 0.3) is 0 Å². The summed E-state index contributed by atoms with van der Waals surface area (Å²) in [7, 11) is 0. The van der Waals surface area contributed by atoms with Gasteiger partial charge in [0.2, 0.25) is 5.91 Å². The average Bonchev–Trinajstić information content (AvgIpc) is 2.73. The molecule has 2 rings (SSSR count). The van der Waals surface area contributed by atoms with Gasteiger partial charge in [0, 0.05) is 13.1 Å². The van der Waals surface area contributed by atoms with E-state index in [0.29, 0.717) is 12.2 Å². The van der Waals surface area contributed by atoms with Crippen molar-refractivity contribution in [3.05, 3.63) is 24.0 Å². The molecule has 0 bridgehead atoms. The van der Waals surface area contributed by atoms with Gasteiger partial charge in [0.15, 0.2) is 0 Å². The Kier molecular flexibility index (Phi) is 3.26. The lowest BCUT2D eigenvalue weighted by atomic mass is 9.89. The highest BCUT2D eigenvalue weighted by molar-refractivity contribution is 5.82. The van der Waals surface area contributed by atoms with E-state index in [9.17, 15) is 9.90 Å². The summed E-state index contributed by atoms with van der Waals surface area (Å²) in [5.41, 5.74) is 6.58. The molecule has 0 aromatic carbocycles. The molecule has 1 aliphatic heterocycles. The number of hydrogen-bond acceptors (Lipinski definition) is 4. The zero-order valence-electron chi connectivity index (χ0n) is 10.8. The highest BCUT2D eigenvalue weighted by atomic mass is 16.3. The summed E-state index contributed by atoms with van der Waals surface area (Å²) in [6.07, 6.45) is 1.93. The van der Waals surface area contributed by atoms with Gasteiger partial charge in [-0.1, -0.05) is 0 Å². The van der Waals surface area contributed by atoms with Gasteiger partial charge in [0.05, 0.1) is 29.1 Å². The maximum Gasteiger partial charge on any atom is 0.225 e. The molecular formula is C13H19N3O2. The molecular weight excluding hydrogens is 230 g/mol. The predicted molar refractivity (Wildman–Crippen MR) is 69.0 cm³/mol. The number of rotatable bonds is 3. The fourth-order valence-electron chi connectivity index (χ4n) is 2.21. The Bertz CT molecular complexity index is 444. The van der Waals surface area contributed by atoms with Gasteiger partial charge in [0.25, 0.3) is 0 Å². The zero-order chi connectivity index (χ0) is 13.3. The van der Waals surface area contributed by atoms with Crippen LogP contribution in [-0.4, -0.2) is 29.1 Å². The number of amides is 1. The molecule has 0 aliphatic carbocycles. The Labute approximate surface area is 107 Å². The lowest BCUT2D eigenvalue weighted by molar-refractivity contribution is -0.125. The highest BCUT2D eigenvalue weighted by Gasteiger charge is 2.38. The SMILES string of the molecule is C[C@@H](O)c1ccc(N2CCC(C)(C(N)=O)C2)cn1. The van der Waals surface area contributed by atoms with Crippen LogP contribution in [-0.2, 0) is 4.79 Å². The maximum absolute atomic E-state index is 11.4. The number of aromatic nitrogens is 1. The van der Waals surface area contributed by atoms with Crippen LogP contribution in [0, 0.1) is 5.41 Å². The third kappa shape index (κ3) is 2.31. The number of hydrogen-bond donors (Lipinski definition) is 2. The molecule has 1 fully saturated rings. The zero-order valence-corrected chi connectivity index (χ0v) is 10.8. The number of pyridine rings is 1. The lowest BCUT2D eigenvalue weighted by Gasteiger charge is -2.22. The molecule has 0 saturated carbocycles. The van der Waals surface area contributed by atoms with E-state index in [-0.39, 0.29) is 5.91 Å². The topological polar surface area (TPSA) is 79.5 Å². The first kappa shape index (κ1) is 12.8. The molecule has 1 amide bonds. The normalized spacial score (nSPS) is 25.2. The molecule has 1 aliphatic rings. The molecule has 1 aromatic rings. The fraction of sp³-hybridized carbons (Fsp3) is 0.538. The van der Waals surface area contributed by atoms with E-state index in [1.807, 2.05) is 13.0 Å². The first-order valence-electron chi connectivity index (χ1n) is 6.11. The quantitative estimate of drug-likeness (QED) is 0.831. The summed E-state index contributed by atoms with van der Waals surface area (Å²) >= 11 is 0. The van der Waals surface area contributed by atoms with Crippen LogP contribution in [0.4, 0.5) is 5.69 Å². The van der Waals surface area contributed by atoms with Crippen molar-refractivity contribution in [2.24, 2.45) is 11.1 Å². The molecule has 18 heavy (non-hydrogen) atoms. The Balaban J connectivity index is 2.12. The second kappa shape index (κ2) is 4.57. The standard InChI is InChI=1S/C13H19N3O2/c1-9(17)11-4-3-10(7-15-11)16-6-5-13(2,8-16)12(14)18/h3-4,7,9,17H,5-6,8H2,1-2H3,(H2,14,18)/t9-,13?/m1/s1. The van der Waals surface area contributed by atoms with Gasteiger partial charge in [0.1, 0.15) is 0 Å². The van der Waals surface area contributed by atoms with Gasteiger partial charge in [-0.2, -0.15) is 0 Å². The Morgan fingerprint density at radius 2 is 2.33 bits per heavy atom. The lowest BCUT2D eigenvalue weighted by Crippen LogP contribution is -2.37. The summed E-state index contributed by atoms with van der Waals surface area (Å²) < 4.78 is 0. The summed E-state index contributed by atoms with van der Waals surface area (Å²) in [5, 5.41) is 9.40. The van der Waals surface area contributed by atoms with Crippen molar-refractivity contribution in [1.82, 2.24) is 4.98 Å². The first-order valence-corrected chi connectivity index (χ1v) is 6.11. The molecule has 2 atom stereocenters. The van der Waals surface area contributed by atoms with E-state index in [2.05, 4.69) is 9.88 Å². The number of nitrogens with two attached hydrogens (primary N) is 1. The third-order valence-electron chi connectivity index (χ3n) is 3.63. The minimum absolute atomic E-state index is 0.251. The number of nitrogens with zero attached hydrogens (tertiary/aromatic N) is 2. The van der Waals surface area contributed by atoms with Gasteiger partial charge in [-0.3, -0.25) is 9.78 Å². The molecule has 1 saturated heterocycles. The van der Waals surface area contributed by atoms with Crippen LogP contribution in [0.15, 0.2) is 18.3 Å². The van der Waals surface area contributed by atoms with E-state index in [0.717, 1.165) is 18.7 Å². The molecule has 0 radical (unpaired) electrons. The Morgan fingerprint density at radius 3 is 2.78 bits per heavy atom. The van der Waals surface area contributed by atoms with Crippen LogP contribution in [0.1, 0.15) is 32.1 Å². The van der Waals surface area contributed by atoms with Gasteiger partial charge < -0.3 is 15.7 Å². The smallest absolute Gasteiger partial charge is 0.225 e. The van der Waals surface area contributed by atoms with Crippen molar-refractivity contribution in [3.8, 4) is 0 Å². The number of anilines is 1. The Morgan fingerprint density at radius 1 is 1.61 bits per heavy atom. The predicted octanol–water partition coefficient (Wildman–Crippen LogP) is 0.837. The van der Waals surface area contributed by atoms with Crippen molar-refractivity contribution in [1.29, 1.82) is 0 Å². The van der Waals surface area contributed by atoms with Crippen LogP contribution in [0.2, 0.25) is 0 Å². The number of carbonyl (C=O) groups excluding carboxylic acids is 1. The number of primary amides is 1. The molecule has 3 N–H and O–H groups in total. The molecule has 1 unspecified atom stereocenters. The molecule has 5 nitrogen and oxygen atoms in total. The first-order chi connectivity index (χ1) is 8.42. The molecule has 2 heterocycles. The van der Waals surface area contributed by atoms with E-state index < -0.39 is 11.5 Å². The fourth-order valence-corrected chi connectivity index (χ4v) is 2.21. The minimum Gasteiger partial charge on any atom is -0.387 e. The van der Waals surface area contributed by atoms with Gasteiger partial charge in [-0.05, 0) is 32.4 Å². The van der Waals surface area contributed by atoms with Gasteiger partial charge in [-0.15, -0.1) is 0 Å². The van der Waals surface area contributed by atoms with E-state index in [4.69, 9.17) is 5.73 Å². The summed E-state index contributed by atoms with van der Waals surface area (Å²) in [5.74, 6) is -0.251. The number of aliphatic hydroxyl groups is 1. The minimum atomic E-state index is -0.562. The van der Waals surface area contributed by atoms with Crippen LogP contribution >= 0.6 is 0 Å². The highest BCUT2D eigenvalue weighted by Crippen LogP contribution is 2.32. The average molecular weight is 249 g/mol. The summed E-state index contributed by atoms with van der Waals surface area (Å²) in [6.45, 7) is 5.00. The van der Waals surface area contributed by atoms with Gasteiger partial charge in [-0.25, -0.2) is 0 Å². The van der Waals surface area contributed by atoms with Crippen molar-refractivity contribution in [2.45, 2.75) is 26.4 Å². The monoisotopic (exact) mass is 249 g/mol. The molecule has 0 spiro atoms. The second-order valence-electron chi connectivity index (χ2n) is 5.21. The van der Waals surface area contributed by atoms with Crippen LogP contribution in [0.5, 0.6) is 0 Å². The van der Waals surface area contributed by atoms with Crippen LogP contribution < -0.4 is 10.6 Å². The summed E-state index contributed by atoms with van der Waals surface area (Å²) in [4.78, 5) is 17.7. The van der Waals surface area contributed by atoms with Crippen molar-refractivity contribution >= 4 is 11.6 Å². The van der Waals surface area contributed by atoms with E-state index in [1.54, 1.807) is 19.2 Å². The summed E-state index contributed by atoms with van der Waals surface area (Å²) in [6, 6.07) is 3.72. The van der Waals surface area contributed by atoms with Crippen molar-refractivity contribution < 1.29 is 9.90 Å². The van der Waals surface area contributed by atoms with Crippen molar-refractivity contribution in [2.75, 3.05) is 18.0 Å². The van der Waals surface area contributed by atoms with Crippen molar-refractivity contribution in [3.63, 3.8) is 0 Å².